The van der Waals surface area contributed by atoms with Gasteiger partial charge >= 0.3 is 0 Å². The quantitative estimate of drug-likeness (QED) is 0.891. The molecule has 7 heteroatoms. The van der Waals surface area contributed by atoms with Crippen molar-refractivity contribution in [2.45, 2.75) is 43.6 Å². The number of nitrogens with zero attached hydrogens (tertiary/aromatic N) is 2. The van der Waals surface area contributed by atoms with E-state index in [1.54, 1.807) is 16.6 Å². The third-order valence-electron chi connectivity index (χ3n) is 3.32. The second kappa shape index (κ2) is 7.09. The Bertz CT molecular complexity index is 558. The third-order valence-corrected chi connectivity index (χ3v) is 6.24. The van der Waals surface area contributed by atoms with E-state index in [9.17, 15) is 8.42 Å². The van der Waals surface area contributed by atoms with E-state index in [0.29, 0.717) is 30.9 Å². The average molecular weight is 329 g/mol. The molecule has 0 amide bonds. The van der Waals surface area contributed by atoms with Crippen molar-refractivity contribution < 1.29 is 8.42 Å². The van der Waals surface area contributed by atoms with E-state index in [0.717, 1.165) is 11.3 Å². The molecular formula is C14H23N3O2S2. The topological polar surface area (TPSA) is 62.3 Å². The summed E-state index contributed by atoms with van der Waals surface area (Å²) < 4.78 is 26.6. The number of sulfonamides is 1. The van der Waals surface area contributed by atoms with Gasteiger partial charge in [-0.1, -0.05) is 26.8 Å². The van der Waals surface area contributed by atoms with E-state index in [1.807, 2.05) is 17.8 Å². The first-order valence-corrected chi connectivity index (χ1v) is 9.68. The van der Waals surface area contributed by atoms with Gasteiger partial charge in [-0.3, -0.25) is 0 Å². The molecule has 1 aromatic heterocycles. The molecule has 1 fully saturated rings. The van der Waals surface area contributed by atoms with E-state index in [-0.39, 0.29) is 5.03 Å². The smallest absolute Gasteiger partial charge is 0.260 e. The maximum Gasteiger partial charge on any atom is 0.260 e. The van der Waals surface area contributed by atoms with Crippen LogP contribution in [0.1, 0.15) is 26.3 Å². The molecule has 2 heterocycles. The van der Waals surface area contributed by atoms with Gasteiger partial charge in [-0.25, -0.2) is 13.4 Å². The van der Waals surface area contributed by atoms with Crippen LogP contribution in [0.4, 0.5) is 0 Å². The minimum Gasteiger partial charge on any atom is -0.310 e. The zero-order valence-corrected chi connectivity index (χ0v) is 14.4. The Morgan fingerprint density at radius 3 is 2.81 bits per heavy atom. The van der Waals surface area contributed by atoms with Crippen LogP contribution in [0.5, 0.6) is 0 Å². The lowest BCUT2D eigenvalue weighted by atomic mass is 10.2. The first-order valence-electron chi connectivity index (χ1n) is 7.19. The number of nitrogens with one attached hydrogen (secondary N) is 1. The summed E-state index contributed by atoms with van der Waals surface area (Å²) in [4.78, 5) is 4.15. The van der Waals surface area contributed by atoms with Crippen molar-refractivity contribution in [3.05, 3.63) is 23.9 Å². The van der Waals surface area contributed by atoms with E-state index in [2.05, 4.69) is 31.1 Å². The molecule has 0 radical (unpaired) electrons. The van der Waals surface area contributed by atoms with Crippen LogP contribution in [0.15, 0.2) is 23.4 Å². The zero-order valence-electron chi connectivity index (χ0n) is 12.7. The van der Waals surface area contributed by atoms with Gasteiger partial charge in [-0.2, -0.15) is 16.1 Å². The van der Waals surface area contributed by atoms with E-state index in [1.165, 1.54) is 0 Å². The van der Waals surface area contributed by atoms with Crippen molar-refractivity contribution in [3.8, 4) is 0 Å². The normalized spacial score (nSPS) is 20.9. The molecule has 5 nitrogen and oxygen atoms in total. The van der Waals surface area contributed by atoms with Crippen LogP contribution in [0.3, 0.4) is 0 Å². The van der Waals surface area contributed by atoms with Crippen molar-refractivity contribution in [3.63, 3.8) is 0 Å². The summed E-state index contributed by atoms with van der Waals surface area (Å²) >= 11 is 1.81. The predicted octanol–water partition coefficient (Wildman–Crippen LogP) is 1.71. The highest BCUT2D eigenvalue weighted by atomic mass is 32.2. The van der Waals surface area contributed by atoms with Gasteiger partial charge in [-0.05, 0) is 11.6 Å². The number of aromatic nitrogens is 1. The lowest BCUT2D eigenvalue weighted by molar-refractivity contribution is 0.422. The molecule has 2 rings (SSSR count). The third kappa shape index (κ3) is 4.42. The Morgan fingerprint density at radius 2 is 2.24 bits per heavy atom. The zero-order chi connectivity index (χ0) is 15.5. The van der Waals surface area contributed by atoms with Gasteiger partial charge < -0.3 is 5.32 Å². The van der Waals surface area contributed by atoms with Crippen LogP contribution in [-0.4, -0.2) is 47.8 Å². The van der Waals surface area contributed by atoms with Crippen molar-refractivity contribution in [1.82, 2.24) is 14.6 Å². The van der Waals surface area contributed by atoms with Gasteiger partial charge in [0.2, 0.25) is 0 Å². The molecule has 0 saturated carbocycles. The maximum absolute atomic E-state index is 12.5. The Balaban J connectivity index is 2.09. The lowest BCUT2D eigenvalue weighted by Crippen LogP contribution is -2.41. The second-order valence-electron chi connectivity index (χ2n) is 5.58. The summed E-state index contributed by atoms with van der Waals surface area (Å²) in [5.74, 6) is 0.844. The Morgan fingerprint density at radius 1 is 1.48 bits per heavy atom. The summed E-state index contributed by atoms with van der Waals surface area (Å²) in [5.41, 5.74) is 0.991. The van der Waals surface area contributed by atoms with Gasteiger partial charge in [0.25, 0.3) is 10.0 Å². The monoisotopic (exact) mass is 329 g/mol. The van der Waals surface area contributed by atoms with Crippen molar-refractivity contribution in [2.75, 3.05) is 18.8 Å². The van der Waals surface area contributed by atoms with Crippen LogP contribution < -0.4 is 5.32 Å². The van der Waals surface area contributed by atoms with Crippen LogP contribution in [0.25, 0.3) is 0 Å². The Labute approximate surface area is 131 Å². The molecule has 1 aliphatic heterocycles. The summed E-state index contributed by atoms with van der Waals surface area (Å²) in [7, 11) is -3.45. The van der Waals surface area contributed by atoms with E-state index in [4.69, 9.17) is 0 Å². The molecule has 1 aromatic rings. The molecule has 0 aliphatic carbocycles. The van der Waals surface area contributed by atoms with E-state index < -0.39 is 10.0 Å². The molecule has 1 saturated heterocycles. The highest BCUT2D eigenvalue weighted by molar-refractivity contribution is 8.00. The predicted molar refractivity (Wildman–Crippen MR) is 86.9 cm³/mol. The lowest BCUT2D eigenvalue weighted by Gasteiger charge is -2.29. The second-order valence-corrected chi connectivity index (χ2v) is 9.02. The molecule has 1 N–H and O–H groups in total. The molecule has 1 unspecified atom stereocenters. The first-order chi connectivity index (χ1) is 9.89. The molecule has 21 heavy (non-hydrogen) atoms. The van der Waals surface area contributed by atoms with Crippen molar-refractivity contribution in [2.24, 2.45) is 0 Å². The summed E-state index contributed by atoms with van der Waals surface area (Å²) in [6.07, 6.45) is 1.64. The molecule has 118 valence electrons. The molecule has 1 aliphatic rings. The standard InChI is InChI=1S/C14H23N3O2S2/c1-11(2)15-8-13-4-5-14(16-9-13)21(18,19)17-6-7-20-12(3)10-17/h4-5,9,11-12,15H,6-8,10H2,1-3H3. The van der Waals surface area contributed by atoms with Crippen LogP contribution in [0.2, 0.25) is 0 Å². The Kier molecular flexibility index (Phi) is 5.65. The molecule has 0 spiro atoms. The minimum absolute atomic E-state index is 0.148. The van der Waals surface area contributed by atoms with Gasteiger partial charge in [-0.15, -0.1) is 0 Å². The van der Waals surface area contributed by atoms with Crippen LogP contribution in [-0.2, 0) is 16.6 Å². The fraction of sp³-hybridized carbons (Fsp3) is 0.643. The average Bonchev–Trinajstić information content (AvgIpc) is 2.45. The number of hydrogen-bond donors (Lipinski definition) is 1. The van der Waals surface area contributed by atoms with Crippen LogP contribution >= 0.6 is 11.8 Å². The molecule has 0 aromatic carbocycles. The molecule has 1 atom stereocenters. The summed E-state index contributed by atoms with van der Waals surface area (Å²) in [6, 6.07) is 3.83. The highest BCUT2D eigenvalue weighted by Gasteiger charge is 2.29. The van der Waals surface area contributed by atoms with Crippen LogP contribution in [0, 0.1) is 0 Å². The summed E-state index contributed by atoms with van der Waals surface area (Å²) in [6.45, 7) is 8.02. The number of hydrogen-bond acceptors (Lipinski definition) is 5. The first kappa shape index (κ1) is 16.7. The van der Waals surface area contributed by atoms with Gasteiger partial charge in [0.05, 0.1) is 0 Å². The minimum atomic E-state index is -3.45. The fourth-order valence-electron chi connectivity index (χ4n) is 2.13. The van der Waals surface area contributed by atoms with Gasteiger partial charge in [0.1, 0.15) is 0 Å². The number of rotatable bonds is 5. The van der Waals surface area contributed by atoms with Crippen molar-refractivity contribution in [1.29, 1.82) is 0 Å². The highest BCUT2D eigenvalue weighted by Crippen LogP contribution is 2.23. The number of pyridine rings is 1. The van der Waals surface area contributed by atoms with Gasteiger partial charge in [0, 0.05) is 42.9 Å². The van der Waals surface area contributed by atoms with Gasteiger partial charge in [0.15, 0.2) is 5.03 Å². The van der Waals surface area contributed by atoms with E-state index >= 15 is 0 Å². The largest absolute Gasteiger partial charge is 0.310 e. The maximum atomic E-state index is 12.5. The fourth-order valence-corrected chi connectivity index (χ4v) is 4.79. The molecule has 0 bridgehead atoms. The Hall–Kier alpha value is -0.630. The summed E-state index contributed by atoms with van der Waals surface area (Å²) in [5, 5.41) is 3.77. The SMILES string of the molecule is CC(C)NCc1ccc(S(=O)(=O)N2CCSC(C)C2)nc1. The molecular weight excluding hydrogens is 306 g/mol. The van der Waals surface area contributed by atoms with Crippen molar-refractivity contribution >= 4 is 21.8 Å². The number of thioether (sulfide) groups is 1.